The van der Waals surface area contributed by atoms with Gasteiger partial charge in [0.15, 0.2) is 0 Å². The van der Waals surface area contributed by atoms with E-state index in [-0.39, 0.29) is 6.61 Å². The summed E-state index contributed by atoms with van der Waals surface area (Å²) in [4.78, 5) is 34.6. The largest absolute Gasteiger partial charge is 0.460 e. The second-order valence-electron chi connectivity index (χ2n) is 2.84. The molecule has 0 unspecified atom stereocenters. The van der Waals surface area contributed by atoms with Crippen LogP contribution in [0.15, 0.2) is 28.4 Å². The number of H-pyrrole nitrogens is 1. The lowest BCUT2D eigenvalue weighted by Crippen LogP contribution is -2.33. The molecule has 16 heavy (non-hydrogen) atoms. The Labute approximate surface area is 89.0 Å². The van der Waals surface area contributed by atoms with Gasteiger partial charge >= 0.3 is 11.7 Å². The molecule has 1 aromatic rings. The maximum Gasteiger partial charge on any atom is 0.329 e. The molecule has 0 bridgehead atoms. The number of hydrogen-bond acceptors (Lipinski definition) is 4. The smallest absolute Gasteiger partial charge is 0.329 e. The second kappa shape index (κ2) is 5.06. The Morgan fingerprint density at radius 3 is 2.94 bits per heavy atom. The normalized spacial score (nSPS) is 9.81. The fraction of sp³-hybridized carbons (Fsp3) is 0.222. The minimum atomic E-state index is -1.14. The van der Waals surface area contributed by atoms with E-state index in [0.29, 0.717) is 10.8 Å². The summed E-state index contributed by atoms with van der Waals surface area (Å²) in [7, 11) is 0. The number of hydrogen-bond donors (Lipinski definition) is 1. The molecule has 7 heteroatoms. The van der Waals surface area contributed by atoms with Gasteiger partial charge in [-0.15, -0.1) is 0 Å². The number of aromatic amines is 1. The molecule has 1 rings (SSSR count). The molecule has 0 aliphatic heterocycles. The Bertz CT molecular complexity index is 517. The summed E-state index contributed by atoms with van der Waals surface area (Å²) < 4.78 is 18.1. The molecule has 1 heterocycles. The molecule has 0 radical (unpaired) electrons. The first kappa shape index (κ1) is 11.9. The highest BCUT2D eigenvalue weighted by atomic mass is 19.1. The number of nitrogens with one attached hydrogen (secondary N) is 1. The summed E-state index contributed by atoms with van der Waals surface area (Å²) in [5, 5.41) is 0. The quantitative estimate of drug-likeness (QED) is 0.551. The van der Waals surface area contributed by atoms with E-state index in [1.54, 1.807) is 4.98 Å². The van der Waals surface area contributed by atoms with Crippen molar-refractivity contribution in [2.45, 2.75) is 6.54 Å². The molecule has 0 amide bonds. The predicted octanol–water partition coefficient (Wildman–Crippen LogP) is -0.595. The lowest BCUT2D eigenvalue weighted by Gasteiger charge is -2.04. The average Bonchev–Trinajstić information content (AvgIpc) is 2.23. The van der Waals surface area contributed by atoms with Crippen molar-refractivity contribution >= 4 is 5.97 Å². The summed E-state index contributed by atoms with van der Waals surface area (Å²) in [5.74, 6) is -1.87. The van der Waals surface area contributed by atoms with Crippen molar-refractivity contribution in [3.8, 4) is 0 Å². The maximum absolute atomic E-state index is 12.8. The van der Waals surface area contributed by atoms with Gasteiger partial charge in [0.2, 0.25) is 5.82 Å². The zero-order chi connectivity index (χ0) is 12.1. The van der Waals surface area contributed by atoms with Crippen LogP contribution in [0.2, 0.25) is 0 Å². The van der Waals surface area contributed by atoms with Gasteiger partial charge in [-0.2, -0.15) is 4.39 Å². The fourth-order valence-corrected chi connectivity index (χ4v) is 0.937. The molecular formula is C9H9FN2O4. The molecule has 0 aromatic carbocycles. The van der Waals surface area contributed by atoms with Gasteiger partial charge in [0.05, 0.1) is 6.20 Å². The molecule has 1 aromatic heterocycles. The summed E-state index contributed by atoms with van der Waals surface area (Å²) in [6.45, 7) is 2.86. The number of nitrogens with zero attached hydrogens (tertiary/aromatic N) is 1. The van der Waals surface area contributed by atoms with E-state index in [1.165, 1.54) is 6.08 Å². The van der Waals surface area contributed by atoms with Crippen molar-refractivity contribution in [2.75, 3.05) is 6.61 Å². The third kappa shape index (κ3) is 2.91. The Morgan fingerprint density at radius 1 is 1.62 bits per heavy atom. The van der Waals surface area contributed by atoms with Gasteiger partial charge in [0, 0.05) is 0 Å². The molecule has 0 saturated carbocycles. The number of halogens is 1. The van der Waals surface area contributed by atoms with E-state index in [2.05, 4.69) is 11.3 Å². The molecular weight excluding hydrogens is 219 g/mol. The van der Waals surface area contributed by atoms with Crippen LogP contribution in [0.5, 0.6) is 0 Å². The first-order valence-electron chi connectivity index (χ1n) is 4.30. The summed E-state index contributed by atoms with van der Waals surface area (Å²) >= 11 is 0. The lowest BCUT2D eigenvalue weighted by molar-refractivity contribution is -0.143. The van der Waals surface area contributed by atoms with Crippen LogP contribution < -0.4 is 11.2 Å². The van der Waals surface area contributed by atoms with E-state index in [0.717, 1.165) is 0 Å². The molecule has 0 spiro atoms. The number of esters is 1. The van der Waals surface area contributed by atoms with Crippen LogP contribution in [-0.4, -0.2) is 22.1 Å². The van der Waals surface area contributed by atoms with E-state index in [1.807, 2.05) is 0 Å². The SMILES string of the molecule is C=CCOC(=O)Cn1cc(F)c(=O)[nH]c1=O. The molecule has 0 aliphatic carbocycles. The first-order chi connectivity index (χ1) is 7.54. The fourth-order valence-electron chi connectivity index (χ4n) is 0.937. The molecule has 0 aliphatic rings. The molecule has 6 nitrogen and oxygen atoms in total. The number of ether oxygens (including phenoxy) is 1. The van der Waals surface area contributed by atoms with Crippen LogP contribution in [0.3, 0.4) is 0 Å². The van der Waals surface area contributed by atoms with Gasteiger partial charge in [-0.25, -0.2) is 4.79 Å². The second-order valence-corrected chi connectivity index (χ2v) is 2.84. The number of carbonyl (C=O) groups excluding carboxylic acids is 1. The van der Waals surface area contributed by atoms with Gasteiger partial charge in [0.1, 0.15) is 13.2 Å². The van der Waals surface area contributed by atoms with E-state index < -0.39 is 29.6 Å². The summed E-state index contributed by atoms with van der Waals surface area (Å²) in [5.41, 5.74) is -2.00. The van der Waals surface area contributed by atoms with Crippen LogP contribution in [0.4, 0.5) is 4.39 Å². The van der Waals surface area contributed by atoms with Crippen molar-refractivity contribution < 1.29 is 13.9 Å². The Morgan fingerprint density at radius 2 is 2.31 bits per heavy atom. The highest BCUT2D eigenvalue weighted by Gasteiger charge is 2.08. The average molecular weight is 228 g/mol. The minimum absolute atomic E-state index is 0.000576. The van der Waals surface area contributed by atoms with Crippen molar-refractivity contribution in [2.24, 2.45) is 0 Å². The van der Waals surface area contributed by atoms with Crippen LogP contribution in [-0.2, 0) is 16.1 Å². The van der Waals surface area contributed by atoms with E-state index in [9.17, 15) is 18.8 Å². The number of rotatable bonds is 4. The number of carbonyl (C=O) groups is 1. The highest BCUT2D eigenvalue weighted by Crippen LogP contribution is 1.87. The Hall–Kier alpha value is -2.18. The van der Waals surface area contributed by atoms with Crippen LogP contribution in [0.1, 0.15) is 0 Å². The van der Waals surface area contributed by atoms with Crippen molar-refractivity contribution in [3.63, 3.8) is 0 Å². The maximum atomic E-state index is 12.8. The van der Waals surface area contributed by atoms with Crippen molar-refractivity contribution in [3.05, 3.63) is 45.5 Å². The minimum Gasteiger partial charge on any atom is -0.460 e. The zero-order valence-corrected chi connectivity index (χ0v) is 8.23. The summed E-state index contributed by atoms with van der Waals surface area (Å²) in [6, 6.07) is 0. The van der Waals surface area contributed by atoms with Gasteiger partial charge in [-0.1, -0.05) is 12.7 Å². The standard InChI is InChI=1S/C9H9FN2O4/c1-2-3-16-7(13)5-12-4-6(10)8(14)11-9(12)15/h2,4H,1,3,5H2,(H,11,14,15). The van der Waals surface area contributed by atoms with Crippen LogP contribution in [0, 0.1) is 5.82 Å². The molecule has 1 N–H and O–H groups in total. The topological polar surface area (TPSA) is 81.2 Å². The van der Waals surface area contributed by atoms with Crippen molar-refractivity contribution in [1.82, 2.24) is 9.55 Å². The molecule has 86 valence electrons. The Balaban J connectivity index is 2.86. The van der Waals surface area contributed by atoms with Crippen molar-refractivity contribution in [1.29, 1.82) is 0 Å². The van der Waals surface area contributed by atoms with Gasteiger partial charge < -0.3 is 4.74 Å². The van der Waals surface area contributed by atoms with Crippen LogP contribution in [0.25, 0.3) is 0 Å². The van der Waals surface area contributed by atoms with E-state index in [4.69, 9.17) is 0 Å². The lowest BCUT2D eigenvalue weighted by atomic mass is 10.5. The zero-order valence-electron chi connectivity index (χ0n) is 8.23. The van der Waals surface area contributed by atoms with Gasteiger partial charge in [-0.05, 0) is 0 Å². The monoisotopic (exact) mass is 228 g/mol. The first-order valence-corrected chi connectivity index (χ1v) is 4.30. The predicted molar refractivity (Wildman–Crippen MR) is 52.4 cm³/mol. The van der Waals surface area contributed by atoms with E-state index >= 15 is 0 Å². The van der Waals surface area contributed by atoms with Gasteiger partial charge in [-0.3, -0.25) is 19.1 Å². The number of aromatic nitrogens is 2. The molecule has 0 fully saturated rings. The molecule has 0 atom stereocenters. The highest BCUT2D eigenvalue weighted by molar-refractivity contribution is 5.69. The Kier molecular flexibility index (Phi) is 3.76. The third-order valence-electron chi connectivity index (χ3n) is 1.63. The van der Waals surface area contributed by atoms with Crippen LogP contribution >= 0.6 is 0 Å². The van der Waals surface area contributed by atoms with Gasteiger partial charge in [0.25, 0.3) is 5.56 Å². The third-order valence-corrected chi connectivity index (χ3v) is 1.63. The molecule has 0 saturated heterocycles. The summed E-state index contributed by atoms with van der Waals surface area (Å²) in [6.07, 6.45) is 2.00.